The lowest BCUT2D eigenvalue weighted by Crippen LogP contribution is -2.51. The van der Waals surface area contributed by atoms with E-state index in [4.69, 9.17) is 19.9 Å². The molecular formula is C22H23NO8. The highest BCUT2D eigenvalue weighted by Gasteiger charge is 2.38. The van der Waals surface area contributed by atoms with Gasteiger partial charge in [0.25, 0.3) is 0 Å². The van der Waals surface area contributed by atoms with Crippen LogP contribution in [0, 0.1) is 0 Å². The summed E-state index contributed by atoms with van der Waals surface area (Å²) < 4.78 is 16.4. The van der Waals surface area contributed by atoms with E-state index in [2.05, 4.69) is 0 Å². The third-order valence-electron chi connectivity index (χ3n) is 5.71. The number of phenols is 2. The van der Waals surface area contributed by atoms with Gasteiger partial charge in [0, 0.05) is 23.6 Å². The fourth-order valence-electron chi connectivity index (χ4n) is 4.03. The van der Waals surface area contributed by atoms with Crippen LogP contribution in [0.15, 0.2) is 24.3 Å². The lowest BCUT2D eigenvalue weighted by Gasteiger charge is -2.36. The van der Waals surface area contributed by atoms with Crippen LogP contribution in [0.3, 0.4) is 0 Å². The number of benzene rings is 2. The van der Waals surface area contributed by atoms with E-state index in [0.717, 1.165) is 0 Å². The van der Waals surface area contributed by atoms with Crippen molar-refractivity contribution >= 4 is 11.6 Å². The van der Waals surface area contributed by atoms with Gasteiger partial charge in [0.15, 0.2) is 12.1 Å². The average Bonchev–Trinajstić information content (AvgIpc) is 2.75. The highest BCUT2D eigenvalue weighted by atomic mass is 16.7. The summed E-state index contributed by atoms with van der Waals surface area (Å²) in [5, 5.41) is 31.2. The summed E-state index contributed by atoms with van der Waals surface area (Å²) in [4.78, 5) is 26.1. The van der Waals surface area contributed by atoms with Crippen LogP contribution in [0.25, 0.3) is 0 Å². The minimum Gasteiger partial charge on any atom is -0.507 e. The van der Waals surface area contributed by atoms with Crippen molar-refractivity contribution in [2.24, 2.45) is 5.73 Å². The number of ether oxygens (including phenoxy) is 3. The normalized spacial score (nSPS) is 25.2. The Morgan fingerprint density at radius 3 is 2.58 bits per heavy atom. The number of aliphatic hydroxyl groups is 1. The predicted octanol–water partition coefficient (Wildman–Crippen LogP) is 1.22. The third kappa shape index (κ3) is 3.45. The van der Waals surface area contributed by atoms with E-state index in [-0.39, 0.29) is 46.6 Å². The number of phenolic OH excluding ortho intramolecular Hbond substituents is 2. The zero-order valence-electron chi connectivity index (χ0n) is 17.0. The number of aromatic hydroxyl groups is 2. The molecule has 2 aromatic rings. The SMILES string of the molecule is COc1cccc2c1C(=O)c1c(O)c(CO[C@H]3C[C@@H](N)[C@H](O)[C@@H](C)O3)cc(O)c1C2=O. The van der Waals surface area contributed by atoms with Crippen LogP contribution in [0.5, 0.6) is 17.2 Å². The molecular weight excluding hydrogens is 406 g/mol. The number of rotatable bonds is 4. The fraction of sp³-hybridized carbons (Fsp3) is 0.364. The zero-order chi connectivity index (χ0) is 22.4. The molecule has 4 rings (SSSR count). The lowest BCUT2D eigenvalue weighted by molar-refractivity contribution is -0.226. The van der Waals surface area contributed by atoms with Gasteiger partial charge in [-0.3, -0.25) is 9.59 Å². The summed E-state index contributed by atoms with van der Waals surface area (Å²) in [7, 11) is 1.37. The quantitative estimate of drug-likeness (QED) is 0.449. The van der Waals surface area contributed by atoms with Crippen molar-refractivity contribution in [1.29, 1.82) is 0 Å². The average molecular weight is 429 g/mol. The van der Waals surface area contributed by atoms with Gasteiger partial charge in [-0.15, -0.1) is 0 Å². The maximum Gasteiger partial charge on any atom is 0.202 e. The molecule has 0 saturated carbocycles. The first-order chi connectivity index (χ1) is 14.7. The highest BCUT2D eigenvalue weighted by Crippen LogP contribution is 2.42. The van der Waals surface area contributed by atoms with E-state index in [1.807, 2.05) is 0 Å². The van der Waals surface area contributed by atoms with Gasteiger partial charge in [0.05, 0.1) is 42.6 Å². The molecule has 9 nitrogen and oxygen atoms in total. The van der Waals surface area contributed by atoms with Gasteiger partial charge in [-0.2, -0.15) is 0 Å². The van der Waals surface area contributed by atoms with Crippen molar-refractivity contribution in [1.82, 2.24) is 0 Å². The van der Waals surface area contributed by atoms with Gasteiger partial charge < -0.3 is 35.3 Å². The molecule has 0 radical (unpaired) electrons. The first-order valence-electron chi connectivity index (χ1n) is 9.79. The Labute approximate surface area is 178 Å². The summed E-state index contributed by atoms with van der Waals surface area (Å²) in [6.07, 6.45) is -1.88. The Bertz CT molecular complexity index is 1050. The smallest absolute Gasteiger partial charge is 0.202 e. The molecule has 9 heteroatoms. The van der Waals surface area contributed by atoms with E-state index in [1.54, 1.807) is 13.0 Å². The molecule has 4 atom stereocenters. The second kappa shape index (κ2) is 7.93. The molecule has 1 aliphatic carbocycles. The number of methoxy groups -OCH3 is 1. The Balaban J connectivity index is 1.67. The molecule has 31 heavy (non-hydrogen) atoms. The van der Waals surface area contributed by atoms with Crippen molar-refractivity contribution in [3.8, 4) is 17.2 Å². The van der Waals surface area contributed by atoms with Crippen LogP contribution in [-0.4, -0.2) is 58.5 Å². The third-order valence-corrected chi connectivity index (χ3v) is 5.71. The van der Waals surface area contributed by atoms with Crippen LogP contribution in [-0.2, 0) is 16.1 Å². The molecule has 2 aromatic carbocycles. The lowest BCUT2D eigenvalue weighted by atomic mass is 9.81. The molecule has 1 saturated heterocycles. The molecule has 0 bridgehead atoms. The molecule has 0 unspecified atom stereocenters. The van der Waals surface area contributed by atoms with Crippen LogP contribution in [0.1, 0.15) is 50.8 Å². The van der Waals surface area contributed by atoms with Crippen LogP contribution >= 0.6 is 0 Å². The standard InChI is InChI=1S/C22H23NO8/c1-9-19(25)12(23)7-15(31-9)30-8-10-6-13(24)17-18(20(10)26)22(28)16-11(21(17)27)4-3-5-14(16)29-2/h3-6,9,12,15,19,24-26H,7-8,23H2,1-2H3/t9-,12-,15-,19-/m1/s1. The van der Waals surface area contributed by atoms with Crippen molar-refractivity contribution in [3.63, 3.8) is 0 Å². The van der Waals surface area contributed by atoms with Gasteiger partial charge in [0.2, 0.25) is 5.78 Å². The molecule has 164 valence electrons. The van der Waals surface area contributed by atoms with Gasteiger partial charge in [-0.1, -0.05) is 12.1 Å². The van der Waals surface area contributed by atoms with Crippen molar-refractivity contribution in [3.05, 3.63) is 52.1 Å². The van der Waals surface area contributed by atoms with Crippen LogP contribution < -0.4 is 10.5 Å². The predicted molar refractivity (Wildman–Crippen MR) is 107 cm³/mol. The first kappa shape index (κ1) is 21.3. The first-order valence-corrected chi connectivity index (χ1v) is 9.79. The van der Waals surface area contributed by atoms with E-state index in [0.29, 0.717) is 0 Å². The molecule has 1 aliphatic heterocycles. The monoisotopic (exact) mass is 429 g/mol. The van der Waals surface area contributed by atoms with E-state index in [9.17, 15) is 24.9 Å². The molecule has 0 aromatic heterocycles. The van der Waals surface area contributed by atoms with Crippen molar-refractivity contribution in [2.75, 3.05) is 7.11 Å². The second-order valence-corrected chi connectivity index (χ2v) is 7.67. The summed E-state index contributed by atoms with van der Waals surface area (Å²) >= 11 is 0. The molecule has 1 heterocycles. The number of aliphatic hydroxyl groups excluding tert-OH is 1. The van der Waals surface area contributed by atoms with Gasteiger partial charge in [-0.25, -0.2) is 0 Å². The molecule has 1 fully saturated rings. The second-order valence-electron chi connectivity index (χ2n) is 7.67. The fourth-order valence-corrected chi connectivity index (χ4v) is 4.03. The van der Waals surface area contributed by atoms with Crippen LogP contribution in [0.4, 0.5) is 0 Å². The summed E-state index contributed by atoms with van der Waals surface area (Å²) in [5.41, 5.74) is 5.54. The zero-order valence-corrected chi connectivity index (χ0v) is 17.0. The van der Waals surface area contributed by atoms with E-state index >= 15 is 0 Å². The number of carbonyl (C=O) groups excluding carboxylic acids is 2. The van der Waals surface area contributed by atoms with Crippen LogP contribution in [0.2, 0.25) is 0 Å². The number of nitrogens with two attached hydrogens (primary N) is 1. The highest BCUT2D eigenvalue weighted by molar-refractivity contribution is 6.31. The largest absolute Gasteiger partial charge is 0.507 e. The number of hydrogen-bond acceptors (Lipinski definition) is 9. The van der Waals surface area contributed by atoms with Gasteiger partial charge in [-0.05, 0) is 19.1 Å². The summed E-state index contributed by atoms with van der Waals surface area (Å²) in [6, 6.07) is 5.22. The van der Waals surface area contributed by atoms with Gasteiger partial charge >= 0.3 is 0 Å². The number of ketones is 2. The molecule has 0 amide bonds. The summed E-state index contributed by atoms with van der Waals surface area (Å²) in [6.45, 7) is 1.45. The Morgan fingerprint density at radius 1 is 1.16 bits per heavy atom. The summed E-state index contributed by atoms with van der Waals surface area (Å²) in [5.74, 6) is -1.93. The molecule has 0 spiro atoms. The van der Waals surface area contributed by atoms with E-state index in [1.165, 1.54) is 25.3 Å². The number of hydrogen-bond donors (Lipinski definition) is 4. The minimum absolute atomic E-state index is 0.0275. The number of carbonyl (C=O) groups is 2. The maximum absolute atomic E-state index is 13.2. The molecule has 5 N–H and O–H groups in total. The Hall–Kier alpha value is -2.98. The number of fused-ring (bicyclic) bond motifs is 2. The van der Waals surface area contributed by atoms with Crippen molar-refractivity contribution in [2.45, 2.75) is 44.5 Å². The molecule has 2 aliphatic rings. The van der Waals surface area contributed by atoms with Crippen molar-refractivity contribution < 1.29 is 39.1 Å². The topological polar surface area (TPSA) is 149 Å². The van der Waals surface area contributed by atoms with Gasteiger partial charge in [0.1, 0.15) is 17.2 Å². The minimum atomic E-state index is -0.820. The maximum atomic E-state index is 13.2. The Kier molecular flexibility index (Phi) is 5.44. The van der Waals surface area contributed by atoms with E-state index < -0.39 is 47.6 Å². The Morgan fingerprint density at radius 2 is 1.90 bits per heavy atom.